The number of rotatable bonds is 2. The van der Waals surface area contributed by atoms with Gasteiger partial charge in [-0.2, -0.15) is 13.2 Å². The molecule has 0 spiro atoms. The molecule has 2 unspecified atom stereocenters. The van der Waals surface area contributed by atoms with Gasteiger partial charge in [-0.3, -0.25) is 0 Å². The van der Waals surface area contributed by atoms with Gasteiger partial charge in [-0.25, -0.2) is 9.18 Å². The SMILES string of the molecule is CC(C)(C)OC(=O)NC1(c2ccc(C(F)(F)F)cc2F)COCC1(C)O. The van der Waals surface area contributed by atoms with Crippen molar-refractivity contribution in [3.8, 4) is 0 Å². The molecule has 0 saturated carbocycles. The summed E-state index contributed by atoms with van der Waals surface area (Å²) in [6.45, 7) is 5.56. The predicted octanol–water partition coefficient (Wildman–Crippen LogP) is 3.35. The normalized spacial score (nSPS) is 26.7. The van der Waals surface area contributed by atoms with Crippen LogP contribution in [0.4, 0.5) is 22.4 Å². The quantitative estimate of drug-likeness (QED) is 0.774. The largest absolute Gasteiger partial charge is 0.444 e. The first-order chi connectivity index (χ1) is 11.7. The lowest BCUT2D eigenvalue weighted by atomic mass is 9.77. The number of amides is 1. The number of halogens is 4. The molecule has 1 fully saturated rings. The topological polar surface area (TPSA) is 67.8 Å². The third-order valence-electron chi connectivity index (χ3n) is 4.09. The number of carbonyl (C=O) groups excluding carboxylic acids is 1. The highest BCUT2D eigenvalue weighted by atomic mass is 19.4. The molecular weight excluding hydrogens is 358 g/mol. The monoisotopic (exact) mass is 379 g/mol. The second-order valence-electron chi connectivity index (χ2n) is 7.49. The molecule has 146 valence electrons. The third kappa shape index (κ3) is 3.93. The number of alkyl carbamates (subject to hydrolysis) is 1. The Morgan fingerprint density at radius 3 is 2.31 bits per heavy atom. The minimum Gasteiger partial charge on any atom is -0.444 e. The zero-order valence-electron chi connectivity index (χ0n) is 14.8. The highest BCUT2D eigenvalue weighted by molar-refractivity contribution is 5.70. The average Bonchev–Trinajstić information content (AvgIpc) is 2.71. The summed E-state index contributed by atoms with van der Waals surface area (Å²) in [5, 5.41) is 13.1. The van der Waals surface area contributed by atoms with Crippen molar-refractivity contribution in [3.05, 3.63) is 35.1 Å². The zero-order valence-corrected chi connectivity index (χ0v) is 14.8. The van der Waals surface area contributed by atoms with Gasteiger partial charge in [0, 0.05) is 5.56 Å². The van der Waals surface area contributed by atoms with Crippen molar-refractivity contribution in [2.24, 2.45) is 0 Å². The van der Waals surface area contributed by atoms with E-state index < -0.39 is 40.4 Å². The molecule has 2 atom stereocenters. The molecule has 2 rings (SSSR count). The van der Waals surface area contributed by atoms with Gasteiger partial charge in [0.2, 0.25) is 0 Å². The van der Waals surface area contributed by atoms with Gasteiger partial charge >= 0.3 is 12.3 Å². The summed E-state index contributed by atoms with van der Waals surface area (Å²) in [6.07, 6.45) is -5.68. The molecule has 9 heteroatoms. The Hall–Kier alpha value is -1.87. The summed E-state index contributed by atoms with van der Waals surface area (Å²) in [6, 6.07) is 1.90. The van der Waals surface area contributed by atoms with Gasteiger partial charge in [0.25, 0.3) is 0 Å². The van der Waals surface area contributed by atoms with E-state index in [4.69, 9.17) is 9.47 Å². The average molecular weight is 379 g/mol. The van der Waals surface area contributed by atoms with Crippen molar-refractivity contribution in [3.63, 3.8) is 0 Å². The maximum atomic E-state index is 14.6. The standard InChI is InChI=1S/C17H21F4NO4/c1-14(2,3)26-13(23)22-16(9-25-8-15(16,4)24)11-6-5-10(7-12(11)18)17(19,20)21/h5-7,24H,8-9H2,1-4H3,(H,22,23). The van der Waals surface area contributed by atoms with Crippen LogP contribution in [0.1, 0.15) is 38.8 Å². The molecule has 0 radical (unpaired) electrons. The van der Waals surface area contributed by atoms with Crippen LogP contribution in [0, 0.1) is 5.82 Å². The molecule has 2 N–H and O–H groups in total. The van der Waals surface area contributed by atoms with Crippen molar-refractivity contribution >= 4 is 6.09 Å². The number of aliphatic hydroxyl groups is 1. The first-order valence-corrected chi connectivity index (χ1v) is 7.86. The van der Waals surface area contributed by atoms with Gasteiger partial charge in [-0.05, 0) is 39.8 Å². The van der Waals surface area contributed by atoms with Crippen LogP contribution >= 0.6 is 0 Å². The summed E-state index contributed by atoms with van der Waals surface area (Å²) in [4.78, 5) is 12.2. The van der Waals surface area contributed by atoms with E-state index in [9.17, 15) is 27.5 Å². The van der Waals surface area contributed by atoms with E-state index >= 15 is 0 Å². The highest BCUT2D eigenvalue weighted by Gasteiger charge is 2.56. The smallest absolute Gasteiger partial charge is 0.416 e. The number of alkyl halides is 3. The molecule has 5 nitrogen and oxygen atoms in total. The maximum absolute atomic E-state index is 14.6. The Kier molecular flexibility index (Phi) is 5.02. The minimum atomic E-state index is -4.72. The lowest BCUT2D eigenvalue weighted by molar-refractivity contribution is -0.137. The highest BCUT2D eigenvalue weighted by Crippen LogP contribution is 2.41. The number of benzene rings is 1. The van der Waals surface area contributed by atoms with Gasteiger partial charge in [0.1, 0.15) is 22.6 Å². The molecule has 1 saturated heterocycles. The van der Waals surface area contributed by atoms with Crippen molar-refractivity contribution in [2.75, 3.05) is 13.2 Å². The lowest BCUT2D eigenvalue weighted by Crippen LogP contribution is -2.61. The van der Waals surface area contributed by atoms with Crippen molar-refractivity contribution < 1.29 is 36.9 Å². The molecule has 0 bridgehead atoms. The Balaban J connectivity index is 2.49. The van der Waals surface area contributed by atoms with E-state index in [2.05, 4.69) is 5.32 Å². The Bertz CT molecular complexity index is 697. The van der Waals surface area contributed by atoms with Gasteiger partial charge in [-0.1, -0.05) is 6.07 Å². The van der Waals surface area contributed by atoms with E-state index in [-0.39, 0.29) is 18.8 Å². The van der Waals surface area contributed by atoms with Gasteiger partial charge < -0.3 is 19.9 Å². The van der Waals surface area contributed by atoms with Crippen molar-refractivity contribution in [2.45, 2.75) is 50.6 Å². The van der Waals surface area contributed by atoms with Crippen LogP contribution in [0.3, 0.4) is 0 Å². The van der Waals surface area contributed by atoms with Crippen LogP contribution < -0.4 is 5.32 Å². The maximum Gasteiger partial charge on any atom is 0.416 e. The van der Waals surface area contributed by atoms with Crippen LogP contribution in [-0.4, -0.2) is 35.6 Å². The molecule has 0 aliphatic carbocycles. The molecule has 1 aromatic rings. The van der Waals surface area contributed by atoms with Crippen molar-refractivity contribution in [1.29, 1.82) is 0 Å². The van der Waals surface area contributed by atoms with E-state index in [1.807, 2.05) is 0 Å². The molecule has 0 aromatic heterocycles. The first kappa shape index (κ1) is 20.4. The summed E-state index contributed by atoms with van der Waals surface area (Å²) < 4.78 is 63.3. The van der Waals surface area contributed by atoms with E-state index in [0.717, 1.165) is 6.07 Å². The number of nitrogens with one attached hydrogen (secondary N) is 1. The van der Waals surface area contributed by atoms with Gasteiger partial charge in [0.05, 0.1) is 18.8 Å². The van der Waals surface area contributed by atoms with Gasteiger partial charge in [0.15, 0.2) is 0 Å². The molecule has 1 aliphatic rings. The van der Waals surface area contributed by atoms with Crippen LogP contribution in [0.2, 0.25) is 0 Å². The minimum absolute atomic E-state index is 0.247. The lowest BCUT2D eigenvalue weighted by Gasteiger charge is -2.39. The molecule has 1 amide bonds. The Morgan fingerprint density at radius 1 is 1.27 bits per heavy atom. The van der Waals surface area contributed by atoms with Crippen LogP contribution in [-0.2, 0) is 21.2 Å². The summed E-state index contributed by atoms with van der Waals surface area (Å²) in [5.41, 5.74) is -5.94. The van der Waals surface area contributed by atoms with Crippen LogP contribution in [0.25, 0.3) is 0 Å². The van der Waals surface area contributed by atoms with E-state index in [1.165, 1.54) is 6.92 Å². The van der Waals surface area contributed by atoms with E-state index in [0.29, 0.717) is 12.1 Å². The molecule has 1 aliphatic heterocycles. The summed E-state index contributed by atoms with van der Waals surface area (Å²) in [5.74, 6) is -1.22. The fourth-order valence-electron chi connectivity index (χ4n) is 2.80. The molecule has 1 heterocycles. The molecular formula is C17H21F4NO4. The number of hydrogen-bond acceptors (Lipinski definition) is 4. The fraction of sp³-hybridized carbons (Fsp3) is 0.588. The third-order valence-corrected chi connectivity index (χ3v) is 4.09. The zero-order chi connectivity index (χ0) is 20.0. The first-order valence-electron chi connectivity index (χ1n) is 7.86. The van der Waals surface area contributed by atoms with Crippen LogP contribution in [0.15, 0.2) is 18.2 Å². The van der Waals surface area contributed by atoms with Gasteiger partial charge in [-0.15, -0.1) is 0 Å². The Labute approximate surface area is 148 Å². The summed E-state index contributed by atoms with van der Waals surface area (Å²) in [7, 11) is 0. The number of ether oxygens (including phenoxy) is 2. The number of carbonyl (C=O) groups is 1. The second-order valence-corrected chi connectivity index (χ2v) is 7.49. The molecule has 26 heavy (non-hydrogen) atoms. The Morgan fingerprint density at radius 2 is 1.88 bits per heavy atom. The number of hydrogen-bond donors (Lipinski definition) is 2. The van der Waals surface area contributed by atoms with Crippen molar-refractivity contribution in [1.82, 2.24) is 5.32 Å². The summed E-state index contributed by atoms with van der Waals surface area (Å²) >= 11 is 0. The fourth-order valence-corrected chi connectivity index (χ4v) is 2.80. The predicted molar refractivity (Wildman–Crippen MR) is 83.9 cm³/mol. The molecule has 1 aromatic carbocycles. The van der Waals surface area contributed by atoms with Crippen LogP contribution in [0.5, 0.6) is 0 Å². The van der Waals surface area contributed by atoms with E-state index in [1.54, 1.807) is 20.8 Å². The second kappa shape index (κ2) is 6.38.